The predicted molar refractivity (Wildman–Crippen MR) is 165 cm³/mol. The normalized spacial score (nSPS) is 11.6. The van der Waals surface area contributed by atoms with E-state index >= 15 is 0 Å². The van der Waals surface area contributed by atoms with Gasteiger partial charge >= 0.3 is 5.97 Å². The smallest absolute Gasteiger partial charge is 0.343 e. The summed E-state index contributed by atoms with van der Waals surface area (Å²) in [5, 5.41) is 5.88. The molecule has 0 radical (unpaired) electrons. The third-order valence-electron chi connectivity index (χ3n) is 6.58. The van der Waals surface area contributed by atoms with E-state index < -0.39 is 18.0 Å². The Kier molecular flexibility index (Phi) is 9.29. The Morgan fingerprint density at radius 2 is 1.47 bits per heavy atom. The number of hydrogen-bond donors (Lipinski definition) is 1. The minimum Gasteiger partial charge on any atom is -0.497 e. The summed E-state index contributed by atoms with van der Waals surface area (Å²) < 4.78 is 22.5. The Hall–Kier alpha value is -5.63. The molecule has 0 saturated heterocycles. The van der Waals surface area contributed by atoms with Crippen molar-refractivity contribution in [1.82, 2.24) is 5.43 Å². The van der Waals surface area contributed by atoms with Crippen molar-refractivity contribution in [3.8, 4) is 23.0 Å². The molecule has 0 bridgehead atoms. The number of carbonyl (C=O) groups is 2. The lowest BCUT2D eigenvalue weighted by molar-refractivity contribution is -0.127. The lowest BCUT2D eigenvalue weighted by atomic mass is 10.0. The molecule has 1 N–H and O–H groups in total. The summed E-state index contributed by atoms with van der Waals surface area (Å²) in [5.41, 5.74) is 4.50. The second-order valence-corrected chi connectivity index (χ2v) is 9.56. The van der Waals surface area contributed by atoms with Crippen LogP contribution in [-0.4, -0.2) is 31.3 Å². The van der Waals surface area contributed by atoms with Crippen LogP contribution in [0.1, 0.15) is 28.4 Å². The van der Waals surface area contributed by atoms with Gasteiger partial charge in [0.15, 0.2) is 6.10 Å². The molecule has 8 heteroatoms. The first-order valence-electron chi connectivity index (χ1n) is 13.6. The number of methoxy groups -OCH3 is 1. The van der Waals surface area contributed by atoms with Gasteiger partial charge in [0, 0.05) is 5.56 Å². The Morgan fingerprint density at radius 1 is 0.791 bits per heavy atom. The highest BCUT2D eigenvalue weighted by atomic mass is 16.5. The van der Waals surface area contributed by atoms with Crippen molar-refractivity contribution in [2.24, 2.45) is 5.10 Å². The summed E-state index contributed by atoms with van der Waals surface area (Å²) in [6.07, 6.45) is 0.635. The molecule has 0 aromatic heterocycles. The van der Waals surface area contributed by atoms with E-state index in [9.17, 15) is 9.59 Å². The van der Waals surface area contributed by atoms with Crippen LogP contribution in [0, 0.1) is 0 Å². The van der Waals surface area contributed by atoms with E-state index in [2.05, 4.69) is 10.5 Å². The third-order valence-corrected chi connectivity index (χ3v) is 6.58. The van der Waals surface area contributed by atoms with Crippen LogP contribution in [0.5, 0.6) is 23.0 Å². The number of ether oxygens (including phenoxy) is 4. The van der Waals surface area contributed by atoms with Gasteiger partial charge in [-0.3, -0.25) is 4.79 Å². The van der Waals surface area contributed by atoms with Crippen molar-refractivity contribution in [3.05, 3.63) is 132 Å². The highest BCUT2D eigenvalue weighted by Gasteiger charge is 2.16. The van der Waals surface area contributed by atoms with Gasteiger partial charge < -0.3 is 18.9 Å². The minimum absolute atomic E-state index is 0.302. The zero-order valence-corrected chi connectivity index (χ0v) is 23.7. The molecule has 1 atom stereocenters. The van der Waals surface area contributed by atoms with Crippen molar-refractivity contribution in [2.45, 2.75) is 19.6 Å². The topological polar surface area (TPSA) is 95.5 Å². The molecule has 5 rings (SSSR count). The molecule has 0 aliphatic carbocycles. The third kappa shape index (κ3) is 7.56. The maximum absolute atomic E-state index is 12.9. The lowest BCUT2D eigenvalue weighted by Gasteiger charge is -2.14. The molecule has 216 valence electrons. The maximum atomic E-state index is 12.9. The molecule has 0 unspecified atom stereocenters. The Balaban J connectivity index is 1.22. The minimum atomic E-state index is -0.826. The van der Waals surface area contributed by atoms with Gasteiger partial charge in [-0.2, -0.15) is 5.10 Å². The summed E-state index contributed by atoms with van der Waals surface area (Å²) in [5.74, 6) is 1.16. The second-order valence-electron chi connectivity index (χ2n) is 9.56. The van der Waals surface area contributed by atoms with Gasteiger partial charge in [-0.05, 0) is 77.9 Å². The first kappa shape index (κ1) is 28.9. The molecule has 1 amide bonds. The zero-order chi connectivity index (χ0) is 30.0. The first-order chi connectivity index (χ1) is 21.0. The van der Waals surface area contributed by atoms with Crippen LogP contribution in [0.3, 0.4) is 0 Å². The van der Waals surface area contributed by atoms with Gasteiger partial charge in [-0.1, -0.05) is 60.7 Å². The summed E-state index contributed by atoms with van der Waals surface area (Å²) in [6.45, 7) is 2.08. The van der Waals surface area contributed by atoms with E-state index in [1.54, 1.807) is 68.6 Å². The number of hydrazone groups is 1. The molecular formula is C35H30N2O6. The molecule has 5 aromatic rings. The number of amides is 1. The monoisotopic (exact) mass is 574 g/mol. The van der Waals surface area contributed by atoms with Gasteiger partial charge in [0.05, 0.1) is 18.9 Å². The van der Waals surface area contributed by atoms with Crippen LogP contribution < -0.4 is 24.4 Å². The quantitative estimate of drug-likeness (QED) is 0.0831. The maximum Gasteiger partial charge on any atom is 0.343 e. The Labute approximate surface area is 249 Å². The number of nitrogens with one attached hydrogen (secondary N) is 1. The average Bonchev–Trinajstić information content (AvgIpc) is 3.05. The number of esters is 1. The van der Waals surface area contributed by atoms with Gasteiger partial charge in [0.1, 0.15) is 29.6 Å². The Morgan fingerprint density at radius 3 is 2.21 bits per heavy atom. The lowest BCUT2D eigenvalue weighted by Crippen LogP contribution is -2.33. The largest absolute Gasteiger partial charge is 0.497 e. The van der Waals surface area contributed by atoms with Crippen LogP contribution in [0.4, 0.5) is 0 Å². The summed E-state index contributed by atoms with van der Waals surface area (Å²) in [6, 6.07) is 34.7. The van der Waals surface area contributed by atoms with Gasteiger partial charge in [-0.15, -0.1) is 0 Å². The van der Waals surface area contributed by atoms with E-state index in [1.165, 1.54) is 6.21 Å². The molecule has 8 nitrogen and oxygen atoms in total. The summed E-state index contributed by atoms with van der Waals surface area (Å²) >= 11 is 0. The Bertz CT molecular complexity index is 1720. The second kappa shape index (κ2) is 13.8. The zero-order valence-electron chi connectivity index (χ0n) is 23.7. The standard InChI is InChI=1S/C35H30N2O6/c1-24(42-30-19-17-29(18-20-30)41-23-25-8-4-3-5-9-25)34(38)37-36-22-32-31-11-7-6-10-26(31)14-21-33(32)43-35(39)27-12-15-28(40-2)16-13-27/h3-22,24H,23H2,1-2H3,(H,37,38)/b36-22-/t24-/m0/s1. The SMILES string of the molecule is COc1ccc(C(=O)Oc2ccc3ccccc3c2/C=N\NC(=O)[C@H](C)Oc2ccc(OCc3ccccc3)cc2)cc1. The van der Waals surface area contributed by atoms with Gasteiger partial charge in [0.2, 0.25) is 0 Å². The number of carbonyl (C=O) groups excluding carboxylic acids is 2. The van der Waals surface area contributed by atoms with Gasteiger partial charge in [0.25, 0.3) is 5.91 Å². The van der Waals surface area contributed by atoms with Crippen LogP contribution in [0.25, 0.3) is 10.8 Å². The fourth-order valence-electron chi connectivity index (χ4n) is 4.25. The van der Waals surface area contributed by atoms with Crippen LogP contribution >= 0.6 is 0 Å². The fraction of sp³-hybridized carbons (Fsp3) is 0.114. The molecule has 0 spiro atoms. The van der Waals surface area contributed by atoms with Crippen molar-refractivity contribution in [1.29, 1.82) is 0 Å². The molecule has 0 saturated carbocycles. The van der Waals surface area contributed by atoms with Crippen molar-refractivity contribution in [3.63, 3.8) is 0 Å². The first-order valence-corrected chi connectivity index (χ1v) is 13.6. The summed E-state index contributed by atoms with van der Waals surface area (Å²) in [4.78, 5) is 25.6. The van der Waals surface area contributed by atoms with Crippen LogP contribution in [0.15, 0.2) is 120 Å². The molecule has 0 heterocycles. The molecule has 0 aliphatic heterocycles. The average molecular weight is 575 g/mol. The molecule has 0 aliphatic rings. The predicted octanol–water partition coefficient (Wildman–Crippen LogP) is 6.56. The number of fused-ring (bicyclic) bond motifs is 1. The van der Waals surface area contributed by atoms with Gasteiger partial charge in [-0.25, -0.2) is 10.2 Å². The van der Waals surface area contributed by atoms with Crippen molar-refractivity contribution < 1.29 is 28.5 Å². The fourth-order valence-corrected chi connectivity index (χ4v) is 4.25. The number of nitrogens with zero attached hydrogens (tertiary/aromatic N) is 1. The van der Waals surface area contributed by atoms with Crippen LogP contribution in [0.2, 0.25) is 0 Å². The number of benzene rings is 5. The van der Waals surface area contributed by atoms with E-state index in [0.717, 1.165) is 16.3 Å². The molecule has 0 fully saturated rings. The molecule has 43 heavy (non-hydrogen) atoms. The van der Waals surface area contributed by atoms with E-state index in [0.29, 0.717) is 40.7 Å². The van der Waals surface area contributed by atoms with E-state index in [-0.39, 0.29) is 0 Å². The van der Waals surface area contributed by atoms with Crippen LogP contribution in [-0.2, 0) is 11.4 Å². The highest BCUT2D eigenvalue weighted by molar-refractivity contribution is 6.04. The van der Waals surface area contributed by atoms with E-state index in [4.69, 9.17) is 18.9 Å². The summed E-state index contributed by atoms with van der Waals surface area (Å²) in [7, 11) is 1.56. The number of rotatable bonds is 11. The van der Waals surface area contributed by atoms with Crippen molar-refractivity contribution in [2.75, 3.05) is 7.11 Å². The van der Waals surface area contributed by atoms with Crippen molar-refractivity contribution >= 4 is 28.9 Å². The highest BCUT2D eigenvalue weighted by Crippen LogP contribution is 2.28. The van der Waals surface area contributed by atoms with E-state index in [1.807, 2.05) is 60.7 Å². The number of hydrogen-bond acceptors (Lipinski definition) is 7. The molecular weight excluding hydrogens is 544 g/mol. The molecule has 5 aromatic carbocycles.